The van der Waals surface area contributed by atoms with Gasteiger partial charge in [-0.2, -0.15) is 13.2 Å². The van der Waals surface area contributed by atoms with Crippen LogP contribution in [0.5, 0.6) is 5.75 Å². The standard InChI is InChI=1S/C26H19F3N4O3S/c27-26(28,29)37-23-8-1-18(2-9-23)3-10-24-31-21(16-35-24)15-34-22-6-4-19(5-7-22)25-32-20(14-36-25)13-33-12-11-30-17-33/h1-12,14,16-17H,13,15H2/b10-3+. The lowest BCUT2D eigenvalue weighted by atomic mass is 10.2. The van der Waals surface area contributed by atoms with Gasteiger partial charge in [-0.1, -0.05) is 12.1 Å². The van der Waals surface area contributed by atoms with Gasteiger partial charge in [-0.3, -0.25) is 0 Å². The fraction of sp³-hybridized carbons (Fsp3) is 0.115. The first-order valence-electron chi connectivity index (χ1n) is 11.0. The Hall–Kier alpha value is -4.25. The second kappa shape index (κ2) is 10.8. The summed E-state index contributed by atoms with van der Waals surface area (Å²) in [7, 11) is 0. The van der Waals surface area contributed by atoms with Crippen LogP contribution in [0.15, 0.2) is 93.5 Å². The number of imidazole rings is 1. The van der Waals surface area contributed by atoms with Gasteiger partial charge in [0.2, 0.25) is 11.8 Å². The number of thioether (sulfide) groups is 1. The third-order valence-corrected chi connectivity index (χ3v) is 5.78. The number of hydrogen-bond donors (Lipinski definition) is 0. The van der Waals surface area contributed by atoms with Gasteiger partial charge in [0.1, 0.15) is 30.6 Å². The summed E-state index contributed by atoms with van der Waals surface area (Å²) in [5.74, 6) is 1.52. The van der Waals surface area contributed by atoms with Crippen LogP contribution in [0.25, 0.3) is 23.6 Å². The number of benzene rings is 2. The van der Waals surface area contributed by atoms with Crippen LogP contribution in [0, 0.1) is 0 Å². The first-order chi connectivity index (χ1) is 17.9. The highest BCUT2D eigenvalue weighted by molar-refractivity contribution is 8.00. The quantitative estimate of drug-likeness (QED) is 0.193. The molecule has 7 nitrogen and oxygen atoms in total. The van der Waals surface area contributed by atoms with Gasteiger partial charge in [0.15, 0.2) is 0 Å². The number of hydrogen-bond acceptors (Lipinski definition) is 7. The zero-order valence-electron chi connectivity index (χ0n) is 19.1. The third kappa shape index (κ3) is 6.91. The summed E-state index contributed by atoms with van der Waals surface area (Å²) in [6.07, 6.45) is 11.8. The average Bonchev–Trinajstić information content (AvgIpc) is 3.65. The van der Waals surface area contributed by atoms with Gasteiger partial charge >= 0.3 is 5.51 Å². The molecular weight excluding hydrogens is 505 g/mol. The molecule has 5 aromatic rings. The van der Waals surface area contributed by atoms with E-state index in [0.717, 1.165) is 16.8 Å². The zero-order chi connectivity index (χ0) is 25.7. The maximum absolute atomic E-state index is 12.4. The predicted molar refractivity (Wildman–Crippen MR) is 131 cm³/mol. The fourth-order valence-electron chi connectivity index (χ4n) is 3.34. The third-order valence-electron chi connectivity index (χ3n) is 5.05. The van der Waals surface area contributed by atoms with E-state index in [1.54, 1.807) is 43.1 Å². The van der Waals surface area contributed by atoms with Crippen LogP contribution in [0.1, 0.15) is 22.8 Å². The lowest BCUT2D eigenvalue weighted by molar-refractivity contribution is -0.0328. The molecule has 0 N–H and O–H groups in total. The molecule has 37 heavy (non-hydrogen) atoms. The normalized spacial score (nSPS) is 11.9. The van der Waals surface area contributed by atoms with E-state index < -0.39 is 5.51 Å². The molecule has 0 bridgehead atoms. The number of nitrogens with zero attached hydrogens (tertiary/aromatic N) is 4. The molecule has 3 heterocycles. The Kier molecular flexibility index (Phi) is 7.13. The first kappa shape index (κ1) is 24.4. The Morgan fingerprint density at radius 2 is 1.70 bits per heavy atom. The topological polar surface area (TPSA) is 79.1 Å². The molecule has 0 aliphatic rings. The smallest absolute Gasteiger partial charge is 0.446 e. The minimum Gasteiger partial charge on any atom is -0.487 e. The van der Waals surface area contributed by atoms with Gasteiger partial charge in [0, 0.05) is 28.9 Å². The molecule has 0 spiro atoms. The molecule has 11 heteroatoms. The van der Waals surface area contributed by atoms with Crippen molar-refractivity contribution in [2.24, 2.45) is 0 Å². The lowest BCUT2D eigenvalue weighted by Gasteiger charge is -2.05. The summed E-state index contributed by atoms with van der Waals surface area (Å²) in [5.41, 5.74) is -1.37. The molecule has 0 saturated carbocycles. The molecule has 0 unspecified atom stereocenters. The SMILES string of the molecule is FC(F)(F)Sc1ccc(/C=C/c2nc(COc3ccc(-c4nc(Cn5ccnc5)co4)cc3)co2)cc1. The number of alkyl halides is 3. The second-order valence-electron chi connectivity index (χ2n) is 7.82. The molecule has 3 aromatic heterocycles. The monoisotopic (exact) mass is 524 g/mol. The van der Waals surface area contributed by atoms with Crippen LogP contribution in [-0.2, 0) is 13.2 Å². The predicted octanol–water partition coefficient (Wildman–Crippen LogP) is 6.94. The van der Waals surface area contributed by atoms with Crippen LogP contribution in [-0.4, -0.2) is 25.0 Å². The highest BCUT2D eigenvalue weighted by Crippen LogP contribution is 2.36. The lowest BCUT2D eigenvalue weighted by Crippen LogP contribution is -1.98. The van der Waals surface area contributed by atoms with Crippen molar-refractivity contribution in [2.45, 2.75) is 23.6 Å². The highest BCUT2D eigenvalue weighted by Gasteiger charge is 2.28. The van der Waals surface area contributed by atoms with E-state index in [2.05, 4.69) is 15.0 Å². The summed E-state index contributed by atoms with van der Waals surface area (Å²) >= 11 is -0.148. The Bertz CT molecular complexity index is 1460. The fourth-order valence-corrected chi connectivity index (χ4v) is 3.88. The molecular formula is C26H19F3N4O3S. The molecule has 0 aliphatic heterocycles. The van der Waals surface area contributed by atoms with Crippen molar-refractivity contribution in [2.75, 3.05) is 0 Å². The highest BCUT2D eigenvalue weighted by atomic mass is 32.2. The van der Waals surface area contributed by atoms with E-state index in [-0.39, 0.29) is 23.3 Å². The van der Waals surface area contributed by atoms with Gasteiger partial charge in [-0.25, -0.2) is 15.0 Å². The van der Waals surface area contributed by atoms with Crippen molar-refractivity contribution in [3.63, 3.8) is 0 Å². The van der Waals surface area contributed by atoms with E-state index in [1.165, 1.54) is 18.4 Å². The summed E-state index contributed by atoms with van der Waals surface area (Å²) in [6.45, 7) is 0.779. The van der Waals surface area contributed by atoms with Crippen LogP contribution in [0.2, 0.25) is 0 Å². The van der Waals surface area contributed by atoms with Gasteiger partial charge in [0.25, 0.3) is 0 Å². The van der Waals surface area contributed by atoms with Crippen LogP contribution in [0.4, 0.5) is 13.2 Å². The van der Waals surface area contributed by atoms with E-state index in [9.17, 15) is 13.2 Å². The molecule has 0 saturated heterocycles. The summed E-state index contributed by atoms with van der Waals surface area (Å²) in [5, 5.41) is 0. The Morgan fingerprint density at radius 1 is 0.919 bits per heavy atom. The number of rotatable bonds is 9. The Labute approximate surface area is 213 Å². The number of halogens is 3. The first-order valence-corrected chi connectivity index (χ1v) is 11.8. The molecule has 0 amide bonds. The maximum Gasteiger partial charge on any atom is 0.446 e. The largest absolute Gasteiger partial charge is 0.487 e. The van der Waals surface area contributed by atoms with Crippen LogP contribution < -0.4 is 4.74 Å². The van der Waals surface area contributed by atoms with Crippen LogP contribution in [0.3, 0.4) is 0 Å². The average molecular weight is 525 g/mol. The molecule has 0 radical (unpaired) electrons. The van der Waals surface area contributed by atoms with Gasteiger partial charge in [-0.05, 0) is 59.8 Å². The van der Waals surface area contributed by atoms with E-state index in [0.29, 0.717) is 29.8 Å². The van der Waals surface area contributed by atoms with E-state index in [1.807, 2.05) is 35.0 Å². The van der Waals surface area contributed by atoms with Crippen molar-refractivity contribution < 1.29 is 26.7 Å². The molecule has 0 fully saturated rings. The minimum absolute atomic E-state index is 0.129. The minimum atomic E-state index is -4.31. The van der Waals surface area contributed by atoms with Gasteiger partial charge in [-0.15, -0.1) is 0 Å². The van der Waals surface area contributed by atoms with E-state index in [4.69, 9.17) is 13.6 Å². The van der Waals surface area contributed by atoms with Gasteiger partial charge in [0.05, 0.1) is 18.6 Å². The molecule has 5 rings (SSSR count). The maximum atomic E-state index is 12.4. The summed E-state index contributed by atoms with van der Waals surface area (Å²) in [6, 6.07) is 13.4. The summed E-state index contributed by atoms with van der Waals surface area (Å²) in [4.78, 5) is 13.0. The van der Waals surface area contributed by atoms with Crippen molar-refractivity contribution in [1.82, 2.24) is 19.5 Å². The number of ether oxygens (including phenoxy) is 1. The molecule has 0 atom stereocenters. The van der Waals surface area contributed by atoms with Crippen LogP contribution >= 0.6 is 11.8 Å². The van der Waals surface area contributed by atoms with Crippen molar-refractivity contribution in [3.05, 3.63) is 103 Å². The Morgan fingerprint density at radius 3 is 2.43 bits per heavy atom. The molecule has 0 aliphatic carbocycles. The molecule has 2 aromatic carbocycles. The van der Waals surface area contributed by atoms with Crippen molar-refractivity contribution in [1.29, 1.82) is 0 Å². The molecule has 188 valence electrons. The Balaban J connectivity index is 1.13. The van der Waals surface area contributed by atoms with E-state index >= 15 is 0 Å². The number of aromatic nitrogens is 4. The zero-order valence-corrected chi connectivity index (χ0v) is 19.9. The van der Waals surface area contributed by atoms with Gasteiger partial charge < -0.3 is 18.1 Å². The van der Waals surface area contributed by atoms with Crippen molar-refractivity contribution >= 4 is 23.9 Å². The number of oxazole rings is 2. The second-order valence-corrected chi connectivity index (χ2v) is 8.96. The van der Waals surface area contributed by atoms with Crippen molar-refractivity contribution in [3.8, 4) is 17.2 Å². The summed E-state index contributed by atoms with van der Waals surface area (Å²) < 4.78 is 56.0.